The summed E-state index contributed by atoms with van der Waals surface area (Å²) in [5.74, 6) is -0.181. The van der Waals surface area contributed by atoms with Gasteiger partial charge in [0.15, 0.2) is 0 Å². The molecule has 0 aromatic heterocycles. The molecule has 1 spiro atoms. The van der Waals surface area contributed by atoms with E-state index in [4.69, 9.17) is 9.47 Å². The van der Waals surface area contributed by atoms with Gasteiger partial charge in [-0.3, -0.25) is 0 Å². The van der Waals surface area contributed by atoms with E-state index in [1.165, 1.54) is 12.0 Å². The van der Waals surface area contributed by atoms with E-state index in [2.05, 4.69) is 26.0 Å². The number of unbranched alkanes of at least 4 members (excludes halogenated alkanes) is 2. The number of aryl methyl sites for hydroxylation is 1. The van der Waals surface area contributed by atoms with Crippen LogP contribution in [0.15, 0.2) is 24.3 Å². The Labute approximate surface area is 139 Å². The predicted octanol–water partition coefficient (Wildman–Crippen LogP) is 4.66. The zero-order valence-electron chi connectivity index (χ0n) is 14.4. The molecule has 0 amide bonds. The fourth-order valence-corrected chi connectivity index (χ4v) is 3.92. The van der Waals surface area contributed by atoms with Crippen LogP contribution in [0.2, 0.25) is 0 Å². The van der Waals surface area contributed by atoms with Crippen LogP contribution in [0.3, 0.4) is 0 Å². The van der Waals surface area contributed by atoms with Crippen LogP contribution in [0.1, 0.15) is 69.4 Å². The van der Waals surface area contributed by atoms with Gasteiger partial charge >= 0.3 is 5.97 Å². The molecule has 1 aromatic carbocycles. The molecule has 0 radical (unpaired) electrons. The monoisotopic (exact) mass is 316 g/mol. The molecule has 126 valence electrons. The molecule has 1 atom stereocenters. The maximum absolute atomic E-state index is 12.9. The SMILES string of the molecule is CCCCCOC(=O)C1(c2ccc(C)cc2)OC12CCCCC2. The van der Waals surface area contributed by atoms with Crippen molar-refractivity contribution in [1.29, 1.82) is 0 Å². The lowest BCUT2D eigenvalue weighted by Crippen LogP contribution is -2.35. The summed E-state index contributed by atoms with van der Waals surface area (Å²) < 4.78 is 11.8. The van der Waals surface area contributed by atoms with E-state index in [0.717, 1.165) is 50.5 Å². The van der Waals surface area contributed by atoms with Crippen LogP contribution in [-0.2, 0) is 19.9 Å². The highest BCUT2D eigenvalue weighted by Crippen LogP contribution is 2.63. The number of esters is 1. The van der Waals surface area contributed by atoms with E-state index < -0.39 is 5.60 Å². The molecular formula is C20H28O3. The molecule has 1 saturated carbocycles. The molecule has 1 saturated heterocycles. The first kappa shape index (κ1) is 16.5. The molecular weight excluding hydrogens is 288 g/mol. The highest BCUT2D eigenvalue weighted by Gasteiger charge is 2.75. The molecule has 1 unspecified atom stereocenters. The van der Waals surface area contributed by atoms with Gasteiger partial charge in [0, 0.05) is 0 Å². The molecule has 1 heterocycles. The molecule has 3 heteroatoms. The summed E-state index contributed by atoms with van der Waals surface area (Å²) in [7, 11) is 0. The molecule has 2 fully saturated rings. The number of ether oxygens (including phenoxy) is 2. The van der Waals surface area contributed by atoms with Crippen molar-refractivity contribution in [2.75, 3.05) is 6.61 Å². The van der Waals surface area contributed by atoms with Crippen molar-refractivity contribution < 1.29 is 14.3 Å². The quantitative estimate of drug-likeness (QED) is 0.435. The smallest absolute Gasteiger partial charge is 0.346 e. The first-order valence-corrected chi connectivity index (χ1v) is 9.09. The maximum atomic E-state index is 12.9. The molecule has 1 aromatic rings. The van der Waals surface area contributed by atoms with Gasteiger partial charge in [0.25, 0.3) is 0 Å². The van der Waals surface area contributed by atoms with Crippen LogP contribution < -0.4 is 0 Å². The molecule has 0 bridgehead atoms. The summed E-state index contributed by atoms with van der Waals surface area (Å²) in [4.78, 5) is 12.9. The number of hydrogen-bond acceptors (Lipinski definition) is 3. The number of rotatable bonds is 6. The second-order valence-corrected chi connectivity index (χ2v) is 7.05. The molecule has 0 N–H and O–H groups in total. The predicted molar refractivity (Wildman–Crippen MR) is 90.2 cm³/mol. The van der Waals surface area contributed by atoms with Crippen molar-refractivity contribution in [3.8, 4) is 0 Å². The van der Waals surface area contributed by atoms with Crippen molar-refractivity contribution in [1.82, 2.24) is 0 Å². The van der Waals surface area contributed by atoms with E-state index in [-0.39, 0.29) is 11.6 Å². The van der Waals surface area contributed by atoms with Crippen LogP contribution in [-0.4, -0.2) is 18.2 Å². The molecule has 1 aliphatic carbocycles. The van der Waals surface area contributed by atoms with E-state index in [1.807, 2.05) is 12.1 Å². The normalized spacial score (nSPS) is 25.3. The number of hydrogen-bond donors (Lipinski definition) is 0. The Morgan fingerprint density at radius 2 is 1.83 bits per heavy atom. The van der Waals surface area contributed by atoms with E-state index in [1.54, 1.807) is 0 Å². The summed E-state index contributed by atoms with van der Waals surface area (Å²) >= 11 is 0. The van der Waals surface area contributed by atoms with Crippen LogP contribution in [0.25, 0.3) is 0 Å². The van der Waals surface area contributed by atoms with Gasteiger partial charge in [-0.25, -0.2) is 4.79 Å². The number of benzene rings is 1. The van der Waals surface area contributed by atoms with Crippen molar-refractivity contribution in [3.05, 3.63) is 35.4 Å². The summed E-state index contributed by atoms with van der Waals surface area (Å²) in [5, 5.41) is 0. The Hall–Kier alpha value is -1.35. The minimum absolute atomic E-state index is 0.181. The van der Waals surface area contributed by atoms with E-state index in [9.17, 15) is 4.79 Å². The molecule has 23 heavy (non-hydrogen) atoms. The van der Waals surface area contributed by atoms with Crippen LogP contribution >= 0.6 is 0 Å². The number of carbonyl (C=O) groups excluding carboxylic acids is 1. The first-order valence-electron chi connectivity index (χ1n) is 9.09. The van der Waals surface area contributed by atoms with Gasteiger partial charge in [0.1, 0.15) is 5.60 Å². The minimum Gasteiger partial charge on any atom is -0.463 e. The third kappa shape index (κ3) is 2.91. The summed E-state index contributed by atoms with van der Waals surface area (Å²) in [5.41, 5.74) is 0.986. The summed E-state index contributed by atoms with van der Waals surface area (Å²) in [6, 6.07) is 8.18. The fraction of sp³-hybridized carbons (Fsp3) is 0.650. The van der Waals surface area contributed by atoms with Gasteiger partial charge in [0.05, 0.1) is 6.61 Å². The Balaban J connectivity index is 1.80. The Bertz CT molecular complexity index is 543. The number of epoxide rings is 1. The van der Waals surface area contributed by atoms with Crippen molar-refractivity contribution in [3.63, 3.8) is 0 Å². The maximum Gasteiger partial charge on any atom is 0.346 e. The second kappa shape index (κ2) is 6.64. The first-order chi connectivity index (χ1) is 11.1. The molecule has 3 rings (SSSR count). The van der Waals surface area contributed by atoms with Gasteiger partial charge in [-0.2, -0.15) is 0 Å². The van der Waals surface area contributed by atoms with Crippen molar-refractivity contribution >= 4 is 5.97 Å². The van der Waals surface area contributed by atoms with Gasteiger partial charge in [0.2, 0.25) is 5.60 Å². The van der Waals surface area contributed by atoms with Gasteiger partial charge in [-0.1, -0.05) is 68.9 Å². The lowest BCUT2D eigenvalue weighted by atomic mass is 9.76. The summed E-state index contributed by atoms with van der Waals surface area (Å²) in [6.45, 7) is 4.71. The molecule has 3 nitrogen and oxygen atoms in total. The fourth-order valence-electron chi connectivity index (χ4n) is 3.92. The van der Waals surface area contributed by atoms with Crippen LogP contribution in [0, 0.1) is 6.92 Å². The zero-order valence-corrected chi connectivity index (χ0v) is 14.4. The van der Waals surface area contributed by atoms with Crippen molar-refractivity contribution in [2.45, 2.75) is 76.4 Å². The minimum atomic E-state index is -0.854. The average molecular weight is 316 g/mol. The highest BCUT2D eigenvalue weighted by molar-refractivity contribution is 5.86. The lowest BCUT2D eigenvalue weighted by Gasteiger charge is -2.23. The zero-order chi connectivity index (χ0) is 16.3. The highest BCUT2D eigenvalue weighted by atomic mass is 16.7. The Kier molecular flexibility index (Phi) is 4.77. The van der Waals surface area contributed by atoms with Gasteiger partial charge in [-0.15, -0.1) is 0 Å². The Morgan fingerprint density at radius 1 is 1.13 bits per heavy atom. The second-order valence-electron chi connectivity index (χ2n) is 7.05. The van der Waals surface area contributed by atoms with Crippen molar-refractivity contribution in [2.24, 2.45) is 0 Å². The molecule has 2 aliphatic rings. The average Bonchev–Trinajstić information content (AvgIpc) is 3.21. The third-order valence-corrected chi connectivity index (χ3v) is 5.34. The topological polar surface area (TPSA) is 38.8 Å². The largest absolute Gasteiger partial charge is 0.463 e. The van der Waals surface area contributed by atoms with E-state index in [0.29, 0.717) is 6.61 Å². The van der Waals surface area contributed by atoms with Crippen LogP contribution in [0.4, 0.5) is 0 Å². The lowest BCUT2D eigenvalue weighted by molar-refractivity contribution is -0.150. The standard InChI is InChI=1S/C20H28O3/c1-3-4-8-15-22-18(21)20(17-11-9-16(2)10-12-17)19(23-20)13-6-5-7-14-19/h9-12H,3-8,13-15H2,1-2H3. The van der Waals surface area contributed by atoms with Gasteiger partial charge < -0.3 is 9.47 Å². The van der Waals surface area contributed by atoms with Gasteiger partial charge in [-0.05, 0) is 31.7 Å². The molecule has 1 aliphatic heterocycles. The Morgan fingerprint density at radius 3 is 2.48 bits per heavy atom. The van der Waals surface area contributed by atoms with E-state index >= 15 is 0 Å². The third-order valence-electron chi connectivity index (χ3n) is 5.34. The van der Waals surface area contributed by atoms with Crippen LogP contribution in [0.5, 0.6) is 0 Å². The number of carbonyl (C=O) groups is 1. The summed E-state index contributed by atoms with van der Waals surface area (Å²) in [6.07, 6.45) is 8.58.